The van der Waals surface area contributed by atoms with E-state index in [1.807, 2.05) is 24.3 Å². The Kier molecular flexibility index (Phi) is 2.32. The second-order valence-corrected chi connectivity index (χ2v) is 2.81. The van der Waals surface area contributed by atoms with Crippen molar-refractivity contribution in [3.8, 4) is 0 Å². The van der Waals surface area contributed by atoms with Gasteiger partial charge in [-0.15, -0.1) is 0 Å². The molecule has 0 unspecified atom stereocenters. The third kappa shape index (κ3) is 2.12. The van der Waals surface area contributed by atoms with Gasteiger partial charge < -0.3 is 0 Å². The Morgan fingerprint density at radius 2 is 1.92 bits per heavy atom. The predicted octanol–water partition coefficient (Wildman–Crippen LogP) is 1.87. The molecule has 0 saturated carbocycles. The molecule has 2 rings (SSSR count). The summed E-state index contributed by atoms with van der Waals surface area (Å²) in [4.78, 5) is 7.79. The zero-order valence-electron chi connectivity index (χ0n) is 7.14. The van der Waals surface area contributed by atoms with Gasteiger partial charge >= 0.3 is 0 Å². The van der Waals surface area contributed by atoms with Crippen LogP contribution in [0.4, 0.5) is 0 Å². The van der Waals surface area contributed by atoms with Gasteiger partial charge in [-0.2, -0.15) is 0 Å². The fraction of sp³-hybridized carbons (Fsp3) is 0.0909. The molecule has 2 heteroatoms. The molecule has 2 aromatic rings. The summed E-state index contributed by atoms with van der Waals surface area (Å²) in [7, 11) is 0. The SMILES string of the molecule is [c]1nccc(Cc2ccccc2)n1. The molecule has 1 aromatic heterocycles. The highest BCUT2D eigenvalue weighted by Gasteiger charge is 1.94. The average Bonchev–Trinajstić information content (AvgIpc) is 2.21. The molecule has 0 amide bonds. The fourth-order valence-electron chi connectivity index (χ4n) is 1.19. The molecule has 2 nitrogen and oxygen atoms in total. The zero-order valence-corrected chi connectivity index (χ0v) is 7.14. The van der Waals surface area contributed by atoms with Gasteiger partial charge in [-0.3, -0.25) is 0 Å². The first-order chi connectivity index (χ1) is 6.45. The van der Waals surface area contributed by atoms with E-state index in [2.05, 4.69) is 28.4 Å². The van der Waals surface area contributed by atoms with Crippen LogP contribution in [0.15, 0.2) is 42.6 Å². The highest BCUT2D eigenvalue weighted by Crippen LogP contribution is 2.04. The number of hydrogen-bond donors (Lipinski definition) is 0. The van der Waals surface area contributed by atoms with Crippen molar-refractivity contribution < 1.29 is 0 Å². The van der Waals surface area contributed by atoms with Gasteiger partial charge in [0.1, 0.15) is 0 Å². The van der Waals surface area contributed by atoms with Crippen LogP contribution in [0.3, 0.4) is 0 Å². The highest BCUT2D eigenvalue weighted by atomic mass is 14.8. The molecule has 0 aliphatic heterocycles. The maximum atomic E-state index is 4.04. The third-order valence-corrected chi connectivity index (χ3v) is 1.82. The average molecular weight is 169 g/mol. The Morgan fingerprint density at radius 1 is 1.08 bits per heavy atom. The van der Waals surface area contributed by atoms with Crippen LogP contribution in [0.5, 0.6) is 0 Å². The first-order valence-electron chi connectivity index (χ1n) is 4.17. The van der Waals surface area contributed by atoms with E-state index in [1.165, 1.54) is 5.56 Å². The first-order valence-corrected chi connectivity index (χ1v) is 4.17. The second-order valence-electron chi connectivity index (χ2n) is 2.81. The third-order valence-electron chi connectivity index (χ3n) is 1.82. The number of hydrogen-bond acceptors (Lipinski definition) is 2. The number of rotatable bonds is 2. The Morgan fingerprint density at radius 3 is 2.62 bits per heavy atom. The van der Waals surface area contributed by atoms with Crippen LogP contribution < -0.4 is 0 Å². The van der Waals surface area contributed by atoms with Gasteiger partial charge in [0.15, 0.2) is 6.33 Å². The summed E-state index contributed by atoms with van der Waals surface area (Å²) in [6.45, 7) is 0. The normalized spacial score (nSPS) is 9.85. The topological polar surface area (TPSA) is 25.8 Å². The highest BCUT2D eigenvalue weighted by molar-refractivity contribution is 5.20. The molecule has 63 valence electrons. The minimum Gasteiger partial charge on any atom is -0.234 e. The van der Waals surface area contributed by atoms with Crippen molar-refractivity contribution in [2.75, 3.05) is 0 Å². The molecule has 0 N–H and O–H groups in total. The second kappa shape index (κ2) is 3.81. The van der Waals surface area contributed by atoms with E-state index in [4.69, 9.17) is 0 Å². The van der Waals surface area contributed by atoms with Crippen LogP contribution in [-0.2, 0) is 6.42 Å². The summed E-state index contributed by atoms with van der Waals surface area (Å²) in [6.07, 6.45) is 5.14. The van der Waals surface area contributed by atoms with E-state index in [-0.39, 0.29) is 0 Å². The summed E-state index contributed by atoms with van der Waals surface area (Å²) >= 11 is 0. The summed E-state index contributed by atoms with van der Waals surface area (Å²) in [5.74, 6) is 0. The van der Waals surface area contributed by atoms with Crippen molar-refractivity contribution in [1.29, 1.82) is 0 Å². The van der Waals surface area contributed by atoms with Crippen molar-refractivity contribution in [3.05, 3.63) is 60.2 Å². The van der Waals surface area contributed by atoms with Gasteiger partial charge in [0, 0.05) is 18.3 Å². The molecular formula is C11H9N2. The van der Waals surface area contributed by atoms with Gasteiger partial charge in [0.2, 0.25) is 0 Å². The monoisotopic (exact) mass is 169 g/mol. The Labute approximate surface area is 77.3 Å². The summed E-state index contributed by atoms with van der Waals surface area (Å²) < 4.78 is 0. The lowest BCUT2D eigenvalue weighted by atomic mass is 10.1. The maximum absolute atomic E-state index is 4.04. The molecule has 0 bridgehead atoms. The molecule has 0 spiro atoms. The Hall–Kier alpha value is -1.70. The lowest BCUT2D eigenvalue weighted by Crippen LogP contribution is -1.91. The maximum Gasteiger partial charge on any atom is 0.197 e. The molecule has 1 heterocycles. The molecular weight excluding hydrogens is 160 g/mol. The van der Waals surface area contributed by atoms with Crippen LogP contribution in [0.25, 0.3) is 0 Å². The van der Waals surface area contributed by atoms with Crippen molar-refractivity contribution in [3.63, 3.8) is 0 Å². The van der Waals surface area contributed by atoms with Crippen LogP contribution in [0.1, 0.15) is 11.3 Å². The smallest absolute Gasteiger partial charge is 0.197 e. The fourth-order valence-corrected chi connectivity index (χ4v) is 1.19. The van der Waals surface area contributed by atoms with E-state index < -0.39 is 0 Å². The standard InChI is InChI=1S/C11H9N2/c1-2-4-10(5-3-1)8-11-6-7-12-9-13-11/h1-7H,8H2. The molecule has 1 radical (unpaired) electrons. The Bertz CT molecular complexity index is 319. The summed E-state index contributed by atoms with van der Waals surface area (Å²) in [6, 6.07) is 12.1. The molecule has 1 aromatic carbocycles. The largest absolute Gasteiger partial charge is 0.234 e. The van der Waals surface area contributed by atoms with Crippen LogP contribution in [0, 0.1) is 6.33 Å². The van der Waals surface area contributed by atoms with E-state index in [9.17, 15) is 0 Å². The Balaban J connectivity index is 2.16. The van der Waals surface area contributed by atoms with Crippen molar-refractivity contribution in [1.82, 2.24) is 9.97 Å². The lowest BCUT2D eigenvalue weighted by molar-refractivity contribution is 1.02. The van der Waals surface area contributed by atoms with Gasteiger partial charge in [0.25, 0.3) is 0 Å². The van der Waals surface area contributed by atoms with E-state index in [1.54, 1.807) is 6.20 Å². The molecule has 0 aliphatic carbocycles. The first kappa shape index (κ1) is 7.92. The molecule has 0 fully saturated rings. The minimum atomic E-state index is 0.847. The lowest BCUT2D eigenvalue weighted by Gasteiger charge is -1.98. The summed E-state index contributed by atoms with van der Waals surface area (Å²) in [5.41, 5.74) is 2.26. The molecule has 0 atom stereocenters. The van der Waals surface area contributed by atoms with Gasteiger partial charge in [-0.05, 0) is 11.6 Å². The van der Waals surface area contributed by atoms with Gasteiger partial charge in [-0.1, -0.05) is 30.3 Å². The van der Waals surface area contributed by atoms with Crippen molar-refractivity contribution >= 4 is 0 Å². The quantitative estimate of drug-likeness (QED) is 0.685. The molecule has 0 saturated heterocycles. The van der Waals surface area contributed by atoms with E-state index >= 15 is 0 Å². The van der Waals surface area contributed by atoms with Crippen molar-refractivity contribution in [2.24, 2.45) is 0 Å². The zero-order chi connectivity index (χ0) is 8.93. The van der Waals surface area contributed by atoms with Gasteiger partial charge in [-0.25, -0.2) is 9.97 Å². The van der Waals surface area contributed by atoms with Crippen LogP contribution in [0.2, 0.25) is 0 Å². The van der Waals surface area contributed by atoms with Gasteiger partial charge in [0.05, 0.1) is 0 Å². The predicted molar refractivity (Wildman–Crippen MR) is 50.1 cm³/mol. The number of nitrogens with zero attached hydrogens (tertiary/aromatic N) is 2. The van der Waals surface area contributed by atoms with Crippen LogP contribution >= 0.6 is 0 Å². The van der Waals surface area contributed by atoms with E-state index in [0.29, 0.717) is 0 Å². The van der Waals surface area contributed by atoms with E-state index in [0.717, 1.165) is 12.1 Å². The van der Waals surface area contributed by atoms with Crippen molar-refractivity contribution in [2.45, 2.75) is 6.42 Å². The molecule has 13 heavy (non-hydrogen) atoms. The van der Waals surface area contributed by atoms with Crippen LogP contribution in [-0.4, -0.2) is 9.97 Å². The molecule has 0 aliphatic rings. The summed E-state index contributed by atoms with van der Waals surface area (Å²) in [5, 5.41) is 0. The minimum absolute atomic E-state index is 0.847. The number of benzene rings is 1. The number of aromatic nitrogens is 2.